The predicted molar refractivity (Wildman–Crippen MR) is 95.5 cm³/mol. The van der Waals surface area contributed by atoms with Crippen molar-refractivity contribution in [1.82, 2.24) is 5.32 Å². The van der Waals surface area contributed by atoms with Crippen LogP contribution in [0, 0.1) is 0 Å². The van der Waals surface area contributed by atoms with Gasteiger partial charge in [0.1, 0.15) is 6.04 Å². The molecule has 7 nitrogen and oxygen atoms in total. The van der Waals surface area contributed by atoms with Gasteiger partial charge in [-0.1, -0.05) is 6.42 Å². The Morgan fingerprint density at radius 3 is 2.69 bits per heavy atom. The number of fused-ring (bicyclic) bond motifs is 1. The monoisotopic (exact) mass is 360 g/mol. The van der Waals surface area contributed by atoms with Crippen molar-refractivity contribution in [2.75, 3.05) is 11.9 Å². The molecule has 1 heterocycles. The van der Waals surface area contributed by atoms with Gasteiger partial charge in [0.05, 0.1) is 24.6 Å². The van der Waals surface area contributed by atoms with Crippen LogP contribution in [-0.4, -0.2) is 42.5 Å². The van der Waals surface area contributed by atoms with Crippen LogP contribution in [0.15, 0.2) is 24.3 Å². The van der Waals surface area contributed by atoms with Gasteiger partial charge in [0.2, 0.25) is 5.91 Å². The summed E-state index contributed by atoms with van der Waals surface area (Å²) in [5, 5.41) is 7.92. The van der Waals surface area contributed by atoms with E-state index in [2.05, 4.69) is 16.0 Å². The normalized spacial score (nSPS) is 25.0. The van der Waals surface area contributed by atoms with E-state index in [0.29, 0.717) is 23.9 Å². The first-order chi connectivity index (χ1) is 12.6. The highest BCUT2D eigenvalue weighted by Crippen LogP contribution is 2.18. The van der Waals surface area contributed by atoms with E-state index in [1.165, 1.54) is 6.42 Å². The molecular formula is C19H26N3O4+. The molecule has 0 aromatic heterocycles. The number of hydrogen-bond donors (Lipinski definition) is 3. The molecule has 0 spiro atoms. The van der Waals surface area contributed by atoms with Crippen molar-refractivity contribution in [3.8, 4) is 0 Å². The summed E-state index contributed by atoms with van der Waals surface area (Å²) >= 11 is 0. The van der Waals surface area contributed by atoms with Crippen LogP contribution in [0.25, 0.3) is 0 Å². The van der Waals surface area contributed by atoms with E-state index in [-0.39, 0.29) is 36.3 Å². The molecule has 3 atom stereocenters. The minimum atomic E-state index is -0.388. The number of carbonyl (C=O) groups excluding carboxylic acids is 3. The first-order valence-corrected chi connectivity index (χ1v) is 9.29. The van der Waals surface area contributed by atoms with Crippen LogP contribution in [0.4, 0.5) is 5.69 Å². The van der Waals surface area contributed by atoms with Gasteiger partial charge in [-0.3, -0.25) is 9.59 Å². The van der Waals surface area contributed by atoms with Crippen LogP contribution in [-0.2, 0) is 14.3 Å². The molecule has 1 aromatic carbocycles. The minimum Gasteiger partial charge on any atom is -0.462 e. The Morgan fingerprint density at radius 2 is 1.96 bits per heavy atom. The van der Waals surface area contributed by atoms with Crippen molar-refractivity contribution < 1.29 is 24.4 Å². The van der Waals surface area contributed by atoms with Gasteiger partial charge in [0.25, 0.3) is 5.91 Å². The standard InChI is InChI=1S/C19H25N3O4/c1-2-26-19(25)12-7-9-13(10-8-12)20-17(23)11-16-18(24)22-15-6-4-3-5-14(15)21-16/h7-10,14-16,21H,2-6,11H2,1H3,(H,20,23)(H,22,24)/p+1/t14-,15+,16+/m0/s1. The van der Waals surface area contributed by atoms with E-state index in [9.17, 15) is 14.4 Å². The van der Waals surface area contributed by atoms with Crippen LogP contribution in [0.1, 0.15) is 49.4 Å². The number of quaternary nitrogens is 1. The fourth-order valence-electron chi connectivity index (χ4n) is 3.72. The molecule has 2 aliphatic rings. The summed E-state index contributed by atoms with van der Waals surface area (Å²) in [5.74, 6) is -0.651. The molecule has 1 saturated heterocycles. The summed E-state index contributed by atoms with van der Waals surface area (Å²) in [6.07, 6.45) is 4.58. The topological polar surface area (TPSA) is 101 Å². The molecule has 0 bridgehead atoms. The van der Waals surface area contributed by atoms with E-state index in [0.717, 1.165) is 19.3 Å². The fraction of sp³-hybridized carbons (Fsp3) is 0.526. The number of benzene rings is 1. The number of hydrogen-bond acceptors (Lipinski definition) is 4. The van der Waals surface area contributed by atoms with E-state index in [1.54, 1.807) is 31.2 Å². The maximum atomic E-state index is 12.3. The first kappa shape index (κ1) is 18.4. The molecule has 2 amide bonds. The number of nitrogens with one attached hydrogen (secondary N) is 2. The number of esters is 1. The molecule has 2 fully saturated rings. The third kappa shape index (κ3) is 4.40. The smallest absolute Gasteiger partial charge is 0.338 e. The quantitative estimate of drug-likeness (QED) is 0.668. The fourth-order valence-corrected chi connectivity index (χ4v) is 3.72. The zero-order valence-corrected chi connectivity index (χ0v) is 15.0. The molecule has 1 aliphatic carbocycles. The van der Waals surface area contributed by atoms with Gasteiger partial charge in [-0.15, -0.1) is 0 Å². The second kappa shape index (κ2) is 8.31. The SMILES string of the molecule is CCOC(=O)c1ccc(NC(=O)C[C@H]2[NH2+][C@H]3CCCC[C@H]3NC2=O)cc1. The van der Waals surface area contributed by atoms with E-state index >= 15 is 0 Å². The lowest BCUT2D eigenvalue weighted by atomic mass is 9.87. The summed E-state index contributed by atoms with van der Waals surface area (Å²) in [6.45, 7) is 2.07. The maximum absolute atomic E-state index is 12.3. The van der Waals surface area contributed by atoms with Crippen LogP contribution in [0.3, 0.4) is 0 Å². The number of nitrogens with two attached hydrogens (primary N) is 1. The lowest BCUT2D eigenvalue weighted by molar-refractivity contribution is -0.718. The minimum absolute atomic E-state index is 0.0547. The Kier molecular flexibility index (Phi) is 5.88. The molecule has 0 radical (unpaired) electrons. The lowest BCUT2D eigenvalue weighted by Gasteiger charge is -2.37. The largest absolute Gasteiger partial charge is 0.462 e. The van der Waals surface area contributed by atoms with Crippen LogP contribution in [0.2, 0.25) is 0 Å². The van der Waals surface area contributed by atoms with E-state index < -0.39 is 0 Å². The van der Waals surface area contributed by atoms with Gasteiger partial charge in [-0.25, -0.2) is 4.79 Å². The number of piperazine rings is 1. The Morgan fingerprint density at radius 1 is 1.23 bits per heavy atom. The van der Waals surface area contributed by atoms with Crippen molar-refractivity contribution >= 4 is 23.5 Å². The van der Waals surface area contributed by atoms with Crippen molar-refractivity contribution in [3.05, 3.63) is 29.8 Å². The highest BCUT2D eigenvalue weighted by Gasteiger charge is 2.40. The molecule has 26 heavy (non-hydrogen) atoms. The maximum Gasteiger partial charge on any atom is 0.338 e. The molecule has 4 N–H and O–H groups in total. The number of amides is 2. The van der Waals surface area contributed by atoms with Crippen LogP contribution >= 0.6 is 0 Å². The van der Waals surface area contributed by atoms with E-state index in [4.69, 9.17) is 4.74 Å². The summed E-state index contributed by atoms with van der Waals surface area (Å²) in [6, 6.07) is 6.78. The Bertz CT molecular complexity index is 674. The Balaban J connectivity index is 1.53. The number of anilines is 1. The first-order valence-electron chi connectivity index (χ1n) is 9.29. The summed E-state index contributed by atoms with van der Waals surface area (Å²) < 4.78 is 4.93. The second-order valence-electron chi connectivity index (χ2n) is 6.91. The molecule has 0 unspecified atom stereocenters. The van der Waals surface area contributed by atoms with Crippen LogP contribution in [0.5, 0.6) is 0 Å². The molecule has 1 saturated carbocycles. The average Bonchev–Trinajstić information content (AvgIpc) is 2.63. The van der Waals surface area contributed by atoms with Gasteiger partial charge in [-0.05, 0) is 44.0 Å². The van der Waals surface area contributed by atoms with Gasteiger partial charge in [0, 0.05) is 12.1 Å². The second-order valence-corrected chi connectivity index (χ2v) is 6.91. The Labute approximate surface area is 152 Å². The highest BCUT2D eigenvalue weighted by molar-refractivity contribution is 5.96. The zero-order chi connectivity index (χ0) is 18.5. The third-order valence-electron chi connectivity index (χ3n) is 5.05. The van der Waals surface area contributed by atoms with Crippen molar-refractivity contribution in [1.29, 1.82) is 0 Å². The van der Waals surface area contributed by atoms with Crippen molar-refractivity contribution in [3.63, 3.8) is 0 Å². The summed E-state index contributed by atoms with van der Waals surface area (Å²) in [5.41, 5.74) is 1.03. The molecule has 7 heteroatoms. The number of ether oxygens (including phenoxy) is 1. The molecule has 1 aromatic rings. The average molecular weight is 360 g/mol. The van der Waals surface area contributed by atoms with Gasteiger partial charge in [-0.2, -0.15) is 0 Å². The third-order valence-corrected chi connectivity index (χ3v) is 5.05. The lowest BCUT2D eigenvalue weighted by Crippen LogP contribution is -3.03. The summed E-state index contributed by atoms with van der Waals surface area (Å²) in [7, 11) is 0. The molecule has 1 aliphatic heterocycles. The predicted octanol–water partition coefficient (Wildman–Crippen LogP) is 0.565. The Hall–Kier alpha value is -2.41. The van der Waals surface area contributed by atoms with E-state index in [1.807, 2.05) is 0 Å². The van der Waals surface area contributed by atoms with Gasteiger partial charge in [0.15, 0.2) is 6.04 Å². The zero-order valence-electron chi connectivity index (χ0n) is 15.0. The number of rotatable bonds is 5. The van der Waals surface area contributed by atoms with Crippen LogP contribution < -0.4 is 16.0 Å². The molecule has 3 rings (SSSR count). The highest BCUT2D eigenvalue weighted by atomic mass is 16.5. The molecular weight excluding hydrogens is 334 g/mol. The van der Waals surface area contributed by atoms with Gasteiger partial charge >= 0.3 is 5.97 Å². The van der Waals surface area contributed by atoms with Gasteiger partial charge < -0.3 is 20.7 Å². The van der Waals surface area contributed by atoms with Crippen molar-refractivity contribution in [2.45, 2.75) is 57.2 Å². The summed E-state index contributed by atoms with van der Waals surface area (Å²) in [4.78, 5) is 36.2. The van der Waals surface area contributed by atoms with Crippen molar-refractivity contribution in [2.24, 2.45) is 0 Å². The molecule has 140 valence electrons. The number of carbonyl (C=O) groups is 3.